The zero-order chi connectivity index (χ0) is 17.9. The topological polar surface area (TPSA) is 75.4 Å². The number of aliphatic carboxylic acids is 1. The summed E-state index contributed by atoms with van der Waals surface area (Å²) in [5.41, 5.74) is 0.778. The highest BCUT2D eigenvalue weighted by Gasteiger charge is 2.69. The number of imidazole rings is 1. The van der Waals surface area contributed by atoms with E-state index in [9.17, 15) is 23.5 Å². The molecule has 2 heterocycles. The van der Waals surface area contributed by atoms with Gasteiger partial charge in [-0.2, -0.15) is 0 Å². The first-order valence-electron chi connectivity index (χ1n) is 8.66. The molecule has 1 saturated heterocycles. The van der Waals surface area contributed by atoms with Crippen molar-refractivity contribution in [2.45, 2.75) is 31.1 Å². The molecule has 6 nitrogen and oxygen atoms in total. The summed E-state index contributed by atoms with van der Waals surface area (Å²) in [6, 6.07) is 0. The fourth-order valence-electron chi connectivity index (χ4n) is 4.72. The van der Waals surface area contributed by atoms with Gasteiger partial charge in [0.15, 0.2) is 0 Å². The van der Waals surface area contributed by atoms with Crippen molar-refractivity contribution in [3.8, 4) is 0 Å². The summed E-state index contributed by atoms with van der Waals surface area (Å²) in [4.78, 5) is 30.0. The average molecular weight is 353 g/mol. The first kappa shape index (κ1) is 16.5. The standard InChI is InChI=1S/C17H21F2N3O3/c1-21-8-20-5-14(21)10-6-22(7-11(10)16(24)25)15(23)9-2-3-12-13(4-9)17(12,18)19/h5,8-13H,2-4,6-7H2,1H3,(H,24,25)/t9-,10-,11-,12+,13-/m1/s1. The van der Waals surface area contributed by atoms with E-state index in [1.54, 1.807) is 29.0 Å². The lowest BCUT2D eigenvalue weighted by Gasteiger charge is -2.25. The van der Waals surface area contributed by atoms with Crippen LogP contribution in [0, 0.1) is 23.7 Å². The number of aryl methyl sites for hydroxylation is 1. The van der Waals surface area contributed by atoms with Gasteiger partial charge in [0.1, 0.15) is 0 Å². The minimum atomic E-state index is -2.61. The summed E-state index contributed by atoms with van der Waals surface area (Å²) >= 11 is 0. The number of nitrogens with zero attached hydrogens (tertiary/aromatic N) is 3. The molecular weight excluding hydrogens is 332 g/mol. The lowest BCUT2D eigenvalue weighted by Crippen LogP contribution is -2.36. The number of rotatable bonds is 3. The van der Waals surface area contributed by atoms with Crippen LogP contribution < -0.4 is 0 Å². The number of carbonyl (C=O) groups excluding carboxylic acids is 1. The minimum Gasteiger partial charge on any atom is -0.481 e. The van der Waals surface area contributed by atoms with E-state index in [4.69, 9.17) is 0 Å². The largest absolute Gasteiger partial charge is 0.481 e. The Kier molecular flexibility index (Phi) is 3.63. The molecule has 136 valence electrons. The number of carboxylic acids is 1. The molecule has 4 rings (SSSR count). The van der Waals surface area contributed by atoms with E-state index in [2.05, 4.69) is 4.98 Å². The van der Waals surface area contributed by atoms with Gasteiger partial charge in [-0.3, -0.25) is 9.59 Å². The molecule has 0 unspecified atom stereocenters. The molecule has 0 bridgehead atoms. The highest BCUT2D eigenvalue weighted by molar-refractivity contribution is 5.81. The van der Waals surface area contributed by atoms with Crippen molar-refractivity contribution >= 4 is 11.9 Å². The predicted molar refractivity (Wildman–Crippen MR) is 82.9 cm³/mol. The molecule has 0 radical (unpaired) electrons. The van der Waals surface area contributed by atoms with Crippen LogP contribution in [-0.2, 0) is 16.6 Å². The van der Waals surface area contributed by atoms with E-state index in [-0.39, 0.29) is 24.8 Å². The van der Waals surface area contributed by atoms with Crippen LogP contribution in [0.3, 0.4) is 0 Å². The molecule has 1 N–H and O–H groups in total. The maximum Gasteiger partial charge on any atom is 0.309 e. The first-order chi connectivity index (χ1) is 11.8. The third kappa shape index (κ3) is 2.53. The second-order valence-electron chi connectivity index (χ2n) is 7.62. The summed E-state index contributed by atoms with van der Waals surface area (Å²) in [7, 11) is 1.79. The fraction of sp³-hybridized carbons (Fsp3) is 0.706. The quantitative estimate of drug-likeness (QED) is 0.898. The van der Waals surface area contributed by atoms with Crippen LogP contribution in [0.1, 0.15) is 30.9 Å². The predicted octanol–water partition coefficient (Wildman–Crippen LogP) is 1.73. The average Bonchev–Trinajstić information content (AvgIpc) is 2.96. The molecule has 25 heavy (non-hydrogen) atoms. The Morgan fingerprint density at radius 3 is 2.64 bits per heavy atom. The van der Waals surface area contributed by atoms with Gasteiger partial charge >= 0.3 is 5.97 Å². The maximum atomic E-state index is 13.6. The van der Waals surface area contributed by atoms with Gasteiger partial charge in [0, 0.05) is 55.7 Å². The van der Waals surface area contributed by atoms with E-state index < -0.39 is 35.6 Å². The molecule has 1 aromatic rings. The van der Waals surface area contributed by atoms with Crippen molar-refractivity contribution < 1.29 is 23.5 Å². The van der Waals surface area contributed by atoms with Crippen LogP contribution in [-0.4, -0.2) is 50.4 Å². The van der Waals surface area contributed by atoms with Crippen molar-refractivity contribution in [3.05, 3.63) is 18.2 Å². The minimum absolute atomic E-state index is 0.130. The van der Waals surface area contributed by atoms with E-state index in [1.807, 2.05) is 0 Å². The lowest BCUT2D eigenvalue weighted by molar-refractivity contribution is -0.142. The normalized spacial score (nSPS) is 36.1. The molecule has 0 aromatic carbocycles. The molecule has 2 saturated carbocycles. The maximum absolute atomic E-state index is 13.6. The number of amides is 1. The first-order valence-corrected chi connectivity index (χ1v) is 8.66. The summed E-state index contributed by atoms with van der Waals surface area (Å²) < 4.78 is 28.9. The number of likely N-dealkylation sites (tertiary alicyclic amines) is 1. The molecule has 3 fully saturated rings. The Balaban J connectivity index is 1.49. The SMILES string of the molecule is Cn1cncc1[C@@H]1CN(C(=O)[C@@H]2CC[C@H]3[C@@H](C2)C3(F)F)C[C@H]1C(=O)O. The van der Waals surface area contributed by atoms with Crippen LogP contribution in [0.2, 0.25) is 0 Å². The zero-order valence-electron chi connectivity index (χ0n) is 13.9. The Morgan fingerprint density at radius 2 is 2.04 bits per heavy atom. The number of carbonyl (C=O) groups is 2. The molecule has 2 aliphatic carbocycles. The monoisotopic (exact) mass is 353 g/mol. The highest BCUT2D eigenvalue weighted by Crippen LogP contribution is 2.63. The third-order valence-corrected chi connectivity index (χ3v) is 6.26. The lowest BCUT2D eigenvalue weighted by atomic mass is 9.88. The van der Waals surface area contributed by atoms with Crippen LogP contribution in [0.25, 0.3) is 0 Å². The summed E-state index contributed by atoms with van der Waals surface area (Å²) in [5, 5.41) is 9.53. The molecule has 3 aliphatic rings. The molecular formula is C17H21F2N3O3. The van der Waals surface area contributed by atoms with Gasteiger partial charge in [0.2, 0.25) is 5.91 Å². The summed E-state index contributed by atoms with van der Waals surface area (Å²) in [6.45, 7) is 0.432. The Hall–Kier alpha value is -1.99. The van der Waals surface area contributed by atoms with E-state index in [1.165, 1.54) is 0 Å². The van der Waals surface area contributed by atoms with Crippen LogP contribution in [0.5, 0.6) is 0 Å². The van der Waals surface area contributed by atoms with Crippen molar-refractivity contribution in [2.75, 3.05) is 13.1 Å². The van der Waals surface area contributed by atoms with Crippen LogP contribution >= 0.6 is 0 Å². The van der Waals surface area contributed by atoms with Gasteiger partial charge in [0.05, 0.1) is 12.2 Å². The van der Waals surface area contributed by atoms with Crippen molar-refractivity contribution in [1.29, 1.82) is 0 Å². The number of carboxylic acid groups (broad SMARTS) is 1. The molecule has 1 aliphatic heterocycles. The Bertz CT molecular complexity index is 720. The molecule has 5 atom stereocenters. The number of hydrogen-bond donors (Lipinski definition) is 1. The van der Waals surface area contributed by atoms with Crippen LogP contribution in [0.15, 0.2) is 12.5 Å². The fourth-order valence-corrected chi connectivity index (χ4v) is 4.72. The Labute approximate surface area is 143 Å². The zero-order valence-corrected chi connectivity index (χ0v) is 13.9. The summed E-state index contributed by atoms with van der Waals surface area (Å²) in [6.07, 6.45) is 4.32. The Morgan fingerprint density at radius 1 is 1.28 bits per heavy atom. The summed E-state index contributed by atoms with van der Waals surface area (Å²) in [5.74, 6) is -6.37. The highest BCUT2D eigenvalue weighted by atomic mass is 19.3. The van der Waals surface area contributed by atoms with Gasteiger partial charge in [-0.25, -0.2) is 13.8 Å². The molecule has 1 amide bonds. The van der Waals surface area contributed by atoms with E-state index in [0.717, 1.165) is 5.69 Å². The third-order valence-electron chi connectivity index (χ3n) is 6.26. The number of halogens is 2. The van der Waals surface area contributed by atoms with Crippen molar-refractivity contribution in [3.63, 3.8) is 0 Å². The molecule has 8 heteroatoms. The van der Waals surface area contributed by atoms with Gasteiger partial charge in [-0.15, -0.1) is 0 Å². The number of aromatic nitrogens is 2. The second kappa shape index (κ2) is 5.51. The molecule has 0 spiro atoms. The number of hydrogen-bond acceptors (Lipinski definition) is 3. The van der Waals surface area contributed by atoms with Gasteiger partial charge in [-0.1, -0.05) is 0 Å². The second-order valence-corrected chi connectivity index (χ2v) is 7.62. The number of alkyl halides is 2. The van der Waals surface area contributed by atoms with Gasteiger partial charge < -0.3 is 14.6 Å². The number of fused-ring (bicyclic) bond motifs is 1. The van der Waals surface area contributed by atoms with Gasteiger partial charge in [-0.05, 0) is 19.3 Å². The van der Waals surface area contributed by atoms with Crippen LogP contribution in [0.4, 0.5) is 8.78 Å². The van der Waals surface area contributed by atoms with E-state index in [0.29, 0.717) is 19.4 Å². The van der Waals surface area contributed by atoms with Gasteiger partial charge in [0.25, 0.3) is 5.92 Å². The molecule has 1 aromatic heterocycles. The van der Waals surface area contributed by atoms with Crippen molar-refractivity contribution in [2.24, 2.45) is 30.7 Å². The van der Waals surface area contributed by atoms with E-state index >= 15 is 0 Å². The smallest absolute Gasteiger partial charge is 0.309 e. The van der Waals surface area contributed by atoms with Crippen molar-refractivity contribution in [1.82, 2.24) is 14.5 Å².